The van der Waals surface area contributed by atoms with E-state index < -0.39 is 0 Å². The SMILES string of the molecule is CC1(C)COCC1N1CCC(Br)C1=O. The minimum Gasteiger partial charge on any atom is -0.379 e. The summed E-state index contributed by atoms with van der Waals surface area (Å²) in [5, 5.41) is 0. The molecule has 0 bridgehead atoms. The van der Waals surface area contributed by atoms with E-state index in [1.807, 2.05) is 4.90 Å². The lowest BCUT2D eigenvalue weighted by Crippen LogP contribution is -2.46. The second kappa shape index (κ2) is 3.49. The number of rotatable bonds is 1. The molecule has 2 unspecified atom stereocenters. The van der Waals surface area contributed by atoms with Crippen molar-refractivity contribution in [2.75, 3.05) is 19.8 Å². The molecule has 3 nitrogen and oxygen atoms in total. The number of hydrogen-bond acceptors (Lipinski definition) is 2. The lowest BCUT2D eigenvalue weighted by atomic mass is 9.87. The summed E-state index contributed by atoms with van der Waals surface area (Å²) in [6.45, 7) is 6.65. The maximum atomic E-state index is 11.8. The van der Waals surface area contributed by atoms with E-state index >= 15 is 0 Å². The summed E-state index contributed by atoms with van der Waals surface area (Å²) >= 11 is 3.40. The molecule has 2 rings (SSSR count). The molecule has 2 fully saturated rings. The largest absolute Gasteiger partial charge is 0.379 e. The minimum atomic E-state index is 0.0268. The van der Waals surface area contributed by atoms with Crippen molar-refractivity contribution in [3.05, 3.63) is 0 Å². The third-order valence-electron chi connectivity index (χ3n) is 3.20. The van der Waals surface area contributed by atoms with Crippen LogP contribution in [0.4, 0.5) is 0 Å². The number of amides is 1. The van der Waals surface area contributed by atoms with Gasteiger partial charge in [-0.15, -0.1) is 0 Å². The van der Waals surface area contributed by atoms with Crippen LogP contribution in [0.25, 0.3) is 0 Å². The van der Waals surface area contributed by atoms with Gasteiger partial charge >= 0.3 is 0 Å². The summed E-state index contributed by atoms with van der Waals surface area (Å²) in [6.07, 6.45) is 0.922. The molecule has 2 saturated heterocycles. The third kappa shape index (κ3) is 1.58. The van der Waals surface area contributed by atoms with Gasteiger partial charge in [-0.2, -0.15) is 0 Å². The van der Waals surface area contributed by atoms with Crippen LogP contribution in [0.3, 0.4) is 0 Å². The van der Waals surface area contributed by atoms with Gasteiger partial charge in [-0.25, -0.2) is 0 Å². The fourth-order valence-corrected chi connectivity index (χ4v) is 2.71. The summed E-state index contributed by atoms with van der Waals surface area (Å²) in [5.41, 5.74) is 0.104. The zero-order chi connectivity index (χ0) is 10.3. The highest BCUT2D eigenvalue weighted by molar-refractivity contribution is 9.10. The first-order valence-electron chi connectivity index (χ1n) is 5.05. The zero-order valence-corrected chi connectivity index (χ0v) is 10.2. The minimum absolute atomic E-state index is 0.0268. The Bertz CT molecular complexity index is 255. The molecule has 80 valence electrons. The monoisotopic (exact) mass is 261 g/mol. The average molecular weight is 262 g/mol. The molecule has 2 heterocycles. The van der Waals surface area contributed by atoms with Crippen molar-refractivity contribution < 1.29 is 9.53 Å². The van der Waals surface area contributed by atoms with E-state index in [4.69, 9.17) is 4.74 Å². The fourth-order valence-electron chi connectivity index (χ4n) is 2.24. The van der Waals surface area contributed by atoms with Gasteiger partial charge in [-0.1, -0.05) is 29.8 Å². The van der Waals surface area contributed by atoms with Crippen LogP contribution in [-0.4, -0.2) is 41.4 Å². The Balaban J connectivity index is 2.12. The average Bonchev–Trinajstić information content (AvgIpc) is 2.59. The molecule has 2 atom stereocenters. The van der Waals surface area contributed by atoms with E-state index in [2.05, 4.69) is 29.8 Å². The van der Waals surface area contributed by atoms with Crippen molar-refractivity contribution in [3.63, 3.8) is 0 Å². The van der Waals surface area contributed by atoms with Crippen molar-refractivity contribution in [2.24, 2.45) is 5.41 Å². The Hall–Kier alpha value is -0.0900. The maximum Gasteiger partial charge on any atom is 0.236 e. The lowest BCUT2D eigenvalue weighted by Gasteiger charge is -2.32. The molecule has 14 heavy (non-hydrogen) atoms. The van der Waals surface area contributed by atoms with Gasteiger partial charge in [0, 0.05) is 12.0 Å². The van der Waals surface area contributed by atoms with Crippen LogP contribution >= 0.6 is 15.9 Å². The molecule has 0 aliphatic carbocycles. The first kappa shape index (κ1) is 10.4. The molecule has 2 aliphatic rings. The van der Waals surface area contributed by atoms with Crippen LogP contribution < -0.4 is 0 Å². The molecule has 0 aromatic heterocycles. The van der Waals surface area contributed by atoms with Crippen LogP contribution in [0.15, 0.2) is 0 Å². The van der Waals surface area contributed by atoms with Gasteiger partial charge in [0.25, 0.3) is 0 Å². The highest BCUT2D eigenvalue weighted by atomic mass is 79.9. The van der Waals surface area contributed by atoms with E-state index in [9.17, 15) is 4.79 Å². The molecule has 1 amide bonds. The quantitative estimate of drug-likeness (QED) is 0.669. The summed E-state index contributed by atoms with van der Waals surface area (Å²) in [6, 6.07) is 0.262. The molecule has 0 saturated carbocycles. The Labute approximate surface area is 92.9 Å². The molecule has 4 heteroatoms. The Kier molecular flexibility index (Phi) is 2.60. The molecule has 0 N–H and O–H groups in total. The van der Waals surface area contributed by atoms with E-state index in [1.54, 1.807) is 0 Å². The topological polar surface area (TPSA) is 29.5 Å². The predicted molar refractivity (Wildman–Crippen MR) is 57.4 cm³/mol. The van der Waals surface area contributed by atoms with E-state index in [-0.39, 0.29) is 22.2 Å². The van der Waals surface area contributed by atoms with Crippen LogP contribution in [0, 0.1) is 5.41 Å². The van der Waals surface area contributed by atoms with Crippen LogP contribution in [0.5, 0.6) is 0 Å². The number of carbonyl (C=O) groups is 1. The van der Waals surface area contributed by atoms with Crippen molar-refractivity contribution in [2.45, 2.75) is 31.1 Å². The molecule has 0 radical (unpaired) electrons. The molecule has 2 aliphatic heterocycles. The number of halogens is 1. The summed E-state index contributed by atoms with van der Waals surface area (Å²) in [7, 11) is 0. The second-order valence-corrected chi connectivity index (χ2v) is 5.91. The van der Waals surface area contributed by atoms with Gasteiger partial charge in [0.1, 0.15) is 0 Å². The predicted octanol–water partition coefficient (Wildman–Crippen LogP) is 1.41. The number of ether oxygens (including phenoxy) is 1. The summed E-state index contributed by atoms with van der Waals surface area (Å²) in [5.74, 6) is 0.230. The Morgan fingerprint density at radius 3 is 2.71 bits per heavy atom. The van der Waals surface area contributed by atoms with Crippen molar-refractivity contribution in [3.8, 4) is 0 Å². The highest BCUT2D eigenvalue weighted by Crippen LogP contribution is 2.34. The molecule has 0 spiro atoms. The fraction of sp³-hybridized carbons (Fsp3) is 0.900. The first-order chi connectivity index (χ1) is 6.52. The second-order valence-electron chi connectivity index (χ2n) is 4.81. The first-order valence-corrected chi connectivity index (χ1v) is 5.96. The van der Waals surface area contributed by atoms with Crippen molar-refractivity contribution in [1.82, 2.24) is 4.90 Å². The number of likely N-dealkylation sites (tertiary alicyclic amines) is 1. The van der Waals surface area contributed by atoms with E-state index in [0.29, 0.717) is 6.61 Å². The molecule has 0 aromatic carbocycles. The van der Waals surface area contributed by atoms with Crippen molar-refractivity contribution >= 4 is 21.8 Å². The van der Waals surface area contributed by atoms with Crippen molar-refractivity contribution in [1.29, 1.82) is 0 Å². The number of hydrogen-bond donors (Lipinski definition) is 0. The Morgan fingerprint density at radius 1 is 1.57 bits per heavy atom. The molecular formula is C10H16BrNO2. The lowest BCUT2D eigenvalue weighted by molar-refractivity contribution is -0.130. The smallest absolute Gasteiger partial charge is 0.236 e. The highest BCUT2D eigenvalue weighted by Gasteiger charge is 2.44. The molecular weight excluding hydrogens is 246 g/mol. The zero-order valence-electron chi connectivity index (χ0n) is 8.62. The van der Waals surface area contributed by atoms with Crippen LogP contribution in [0.2, 0.25) is 0 Å². The normalized spacial score (nSPS) is 36.8. The van der Waals surface area contributed by atoms with Gasteiger partial charge in [-0.3, -0.25) is 4.79 Å². The van der Waals surface area contributed by atoms with E-state index in [1.165, 1.54) is 0 Å². The number of alkyl halides is 1. The van der Waals surface area contributed by atoms with Gasteiger partial charge in [0.2, 0.25) is 5.91 Å². The number of nitrogens with zero attached hydrogens (tertiary/aromatic N) is 1. The van der Waals surface area contributed by atoms with E-state index in [0.717, 1.165) is 19.6 Å². The third-order valence-corrected chi connectivity index (χ3v) is 4.05. The van der Waals surface area contributed by atoms with Gasteiger partial charge in [0.05, 0.1) is 24.1 Å². The number of carbonyl (C=O) groups excluding carboxylic acids is 1. The van der Waals surface area contributed by atoms with Gasteiger partial charge < -0.3 is 9.64 Å². The summed E-state index contributed by atoms with van der Waals surface area (Å²) in [4.78, 5) is 13.8. The summed E-state index contributed by atoms with van der Waals surface area (Å²) < 4.78 is 5.46. The van der Waals surface area contributed by atoms with Gasteiger partial charge in [-0.05, 0) is 6.42 Å². The van der Waals surface area contributed by atoms with Gasteiger partial charge in [0.15, 0.2) is 0 Å². The maximum absolute atomic E-state index is 11.8. The van der Waals surface area contributed by atoms with Crippen LogP contribution in [-0.2, 0) is 9.53 Å². The Morgan fingerprint density at radius 2 is 2.29 bits per heavy atom. The molecule has 0 aromatic rings. The standard InChI is InChI=1S/C10H16BrNO2/c1-10(2)6-14-5-8(10)12-4-3-7(11)9(12)13/h7-8H,3-6H2,1-2H3. The van der Waals surface area contributed by atoms with Crippen LogP contribution in [0.1, 0.15) is 20.3 Å².